The van der Waals surface area contributed by atoms with Gasteiger partial charge < -0.3 is 18.9 Å². The van der Waals surface area contributed by atoms with Crippen LogP contribution >= 0.6 is 0 Å². The smallest absolute Gasteiger partial charge is 0.416 e. The first kappa shape index (κ1) is 21.7. The fourth-order valence-corrected chi connectivity index (χ4v) is 3.72. The number of nitrogens with zero attached hydrogens (tertiary/aromatic N) is 3. The van der Waals surface area contributed by atoms with Crippen molar-refractivity contribution in [3.8, 4) is 22.9 Å². The van der Waals surface area contributed by atoms with Gasteiger partial charge in [0.2, 0.25) is 17.6 Å². The standard InChI is InChI=1S/C22H20F3N3O4/c1-30-17-8-7-13(9-18(17)31-2)20-26-21(32-27-20)15-10-19(29)28(12-15)11-14-5-3-4-6-16(14)22(23,24)25/h3-9,15H,10-12H2,1-2H3. The minimum Gasteiger partial charge on any atom is -0.493 e. The summed E-state index contributed by atoms with van der Waals surface area (Å²) in [4.78, 5) is 18.3. The third kappa shape index (κ3) is 4.25. The maximum Gasteiger partial charge on any atom is 0.416 e. The lowest BCUT2D eigenvalue weighted by Gasteiger charge is -2.19. The average Bonchev–Trinajstić information content (AvgIpc) is 3.40. The van der Waals surface area contributed by atoms with Gasteiger partial charge in [0.25, 0.3) is 0 Å². The molecule has 1 aliphatic heterocycles. The zero-order valence-electron chi connectivity index (χ0n) is 17.3. The average molecular weight is 447 g/mol. The van der Waals surface area contributed by atoms with Crippen molar-refractivity contribution in [3.63, 3.8) is 0 Å². The van der Waals surface area contributed by atoms with Gasteiger partial charge in [0, 0.05) is 25.1 Å². The molecule has 7 nitrogen and oxygen atoms in total. The topological polar surface area (TPSA) is 77.7 Å². The Balaban J connectivity index is 1.51. The van der Waals surface area contributed by atoms with E-state index >= 15 is 0 Å². The number of likely N-dealkylation sites (tertiary alicyclic amines) is 1. The molecule has 32 heavy (non-hydrogen) atoms. The van der Waals surface area contributed by atoms with E-state index in [0.717, 1.165) is 6.07 Å². The van der Waals surface area contributed by atoms with Gasteiger partial charge in [0.1, 0.15) is 0 Å². The summed E-state index contributed by atoms with van der Waals surface area (Å²) < 4.78 is 55.7. The van der Waals surface area contributed by atoms with E-state index in [1.165, 1.54) is 37.3 Å². The van der Waals surface area contributed by atoms with Gasteiger partial charge in [0.15, 0.2) is 11.5 Å². The summed E-state index contributed by atoms with van der Waals surface area (Å²) in [6, 6.07) is 10.4. The Morgan fingerprint density at radius 1 is 1.12 bits per heavy atom. The number of carbonyl (C=O) groups is 1. The van der Waals surface area contributed by atoms with Crippen LogP contribution in [-0.2, 0) is 17.5 Å². The highest BCUT2D eigenvalue weighted by Crippen LogP contribution is 2.35. The molecule has 0 aliphatic carbocycles. The van der Waals surface area contributed by atoms with Crippen molar-refractivity contribution >= 4 is 5.91 Å². The number of hydrogen-bond donors (Lipinski definition) is 0. The first-order valence-corrected chi connectivity index (χ1v) is 9.79. The van der Waals surface area contributed by atoms with Crippen LogP contribution in [0.25, 0.3) is 11.4 Å². The molecular formula is C22H20F3N3O4. The van der Waals surface area contributed by atoms with Gasteiger partial charge in [-0.1, -0.05) is 23.4 Å². The maximum atomic E-state index is 13.3. The molecule has 4 rings (SSSR count). The second-order valence-electron chi connectivity index (χ2n) is 7.36. The highest BCUT2D eigenvalue weighted by Gasteiger charge is 2.37. The molecular weight excluding hydrogens is 427 g/mol. The number of methoxy groups -OCH3 is 2. The highest BCUT2D eigenvalue weighted by molar-refractivity contribution is 5.79. The van der Waals surface area contributed by atoms with Crippen molar-refractivity contribution in [3.05, 3.63) is 59.5 Å². The molecule has 3 aromatic rings. The third-order valence-corrected chi connectivity index (χ3v) is 5.33. The van der Waals surface area contributed by atoms with Crippen LogP contribution in [0.4, 0.5) is 13.2 Å². The molecule has 1 aliphatic rings. The lowest BCUT2D eigenvalue weighted by molar-refractivity contribution is -0.139. The molecule has 1 saturated heterocycles. The summed E-state index contributed by atoms with van der Waals surface area (Å²) in [5.41, 5.74) is -0.0618. The second-order valence-corrected chi connectivity index (χ2v) is 7.36. The zero-order valence-corrected chi connectivity index (χ0v) is 17.3. The normalized spacial score (nSPS) is 16.5. The summed E-state index contributed by atoms with van der Waals surface area (Å²) in [6.45, 7) is 0.0558. The van der Waals surface area contributed by atoms with E-state index in [4.69, 9.17) is 14.0 Å². The van der Waals surface area contributed by atoms with Gasteiger partial charge in [-0.25, -0.2) is 0 Å². The van der Waals surface area contributed by atoms with Crippen LogP contribution in [0.15, 0.2) is 47.0 Å². The molecule has 1 fully saturated rings. The van der Waals surface area contributed by atoms with E-state index in [2.05, 4.69) is 10.1 Å². The summed E-state index contributed by atoms with van der Waals surface area (Å²) in [5, 5.41) is 3.98. The van der Waals surface area contributed by atoms with E-state index in [0.29, 0.717) is 22.9 Å². The molecule has 0 N–H and O–H groups in total. The minimum atomic E-state index is -4.49. The van der Waals surface area contributed by atoms with Gasteiger partial charge >= 0.3 is 6.18 Å². The van der Waals surface area contributed by atoms with Crippen molar-refractivity contribution < 1.29 is 32.0 Å². The van der Waals surface area contributed by atoms with E-state index < -0.39 is 17.7 Å². The Morgan fingerprint density at radius 3 is 2.59 bits per heavy atom. The van der Waals surface area contributed by atoms with Gasteiger partial charge in [-0.15, -0.1) is 0 Å². The van der Waals surface area contributed by atoms with Crippen molar-refractivity contribution in [1.29, 1.82) is 0 Å². The number of hydrogen-bond acceptors (Lipinski definition) is 6. The van der Waals surface area contributed by atoms with Crippen LogP contribution in [0.1, 0.15) is 29.4 Å². The predicted molar refractivity (Wildman–Crippen MR) is 107 cm³/mol. The second kappa shape index (κ2) is 8.52. The molecule has 10 heteroatoms. The van der Waals surface area contributed by atoms with Gasteiger partial charge in [0.05, 0.1) is 25.7 Å². The molecule has 168 valence electrons. The van der Waals surface area contributed by atoms with Crippen molar-refractivity contribution in [2.75, 3.05) is 20.8 Å². The monoisotopic (exact) mass is 447 g/mol. The van der Waals surface area contributed by atoms with Crippen LogP contribution in [0.2, 0.25) is 0 Å². The van der Waals surface area contributed by atoms with E-state index in [-0.39, 0.29) is 36.9 Å². The number of benzene rings is 2. The maximum absolute atomic E-state index is 13.3. The lowest BCUT2D eigenvalue weighted by atomic mass is 10.1. The van der Waals surface area contributed by atoms with Crippen LogP contribution in [-0.4, -0.2) is 41.7 Å². The summed E-state index contributed by atoms with van der Waals surface area (Å²) in [6.07, 6.45) is -4.40. The van der Waals surface area contributed by atoms with Crippen LogP contribution in [0.5, 0.6) is 11.5 Å². The Labute approximate surface area is 181 Å². The summed E-state index contributed by atoms with van der Waals surface area (Å²) in [7, 11) is 3.04. The number of rotatable bonds is 6. The molecule has 2 heterocycles. The number of ether oxygens (including phenoxy) is 2. The van der Waals surface area contributed by atoms with E-state index in [1.807, 2.05) is 0 Å². The third-order valence-electron chi connectivity index (χ3n) is 5.33. The fraction of sp³-hybridized carbons (Fsp3) is 0.318. The molecule has 0 saturated carbocycles. The van der Waals surface area contributed by atoms with Crippen LogP contribution in [0, 0.1) is 0 Å². The molecule has 1 unspecified atom stereocenters. The van der Waals surface area contributed by atoms with E-state index in [1.54, 1.807) is 18.2 Å². The number of alkyl halides is 3. The van der Waals surface area contributed by atoms with Crippen LogP contribution < -0.4 is 9.47 Å². The predicted octanol–water partition coefficient (Wildman–Crippen LogP) is 4.29. The Kier molecular flexibility index (Phi) is 5.77. The van der Waals surface area contributed by atoms with Crippen molar-refractivity contribution in [2.45, 2.75) is 25.1 Å². The van der Waals surface area contributed by atoms with Crippen molar-refractivity contribution in [1.82, 2.24) is 15.0 Å². The molecule has 0 radical (unpaired) electrons. The van der Waals surface area contributed by atoms with Crippen LogP contribution in [0.3, 0.4) is 0 Å². The highest BCUT2D eigenvalue weighted by atomic mass is 19.4. The van der Waals surface area contributed by atoms with Gasteiger partial charge in [-0.2, -0.15) is 18.2 Å². The quantitative estimate of drug-likeness (QED) is 0.561. The lowest BCUT2D eigenvalue weighted by Crippen LogP contribution is -2.26. The molecule has 0 bridgehead atoms. The molecule has 0 spiro atoms. The van der Waals surface area contributed by atoms with Crippen molar-refractivity contribution in [2.24, 2.45) is 0 Å². The first-order valence-electron chi connectivity index (χ1n) is 9.79. The summed E-state index contributed by atoms with van der Waals surface area (Å²) in [5.74, 6) is 0.960. The van der Waals surface area contributed by atoms with Gasteiger partial charge in [-0.3, -0.25) is 4.79 Å². The Morgan fingerprint density at radius 2 is 1.88 bits per heavy atom. The number of aromatic nitrogens is 2. The number of amides is 1. The Bertz CT molecular complexity index is 1130. The molecule has 2 aromatic carbocycles. The summed E-state index contributed by atoms with van der Waals surface area (Å²) >= 11 is 0. The van der Waals surface area contributed by atoms with E-state index in [9.17, 15) is 18.0 Å². The molecule has 1 aromatic heterocycles. The molecule has 1 amide bonds. The van der Waals surface area contributed by atoms with Gasteiger partial charge in [-0.05, 0) is 29.8 Å². The Hall–Kier alpha value is -3.56. The minimum absolute atomic E-state index is 0.0468. The fourth-order valence-electron chi connectivity index (χ4n) is 3.72. The SMILES string of the molecule is COc1ccc(-c2noc(C3CC(=O)N(Cc4ccccc4C(F)(F)F)C3)n2)cc1OC. The number of carbonyl (C=O) groups excluding carboxylic acids is 1. The molecule has 1 atom stereocenters. The largest absolute Gasteiger partial charge is 0.493 e. The zero-order chi connectivity index (χ0) is 22.9. The number of halogens is 3. The first-order chi connectivity index (χ1) is 15.3.